The Labute approximate surface area is 36.3 Å². The standard InChI is InChI=1S/C4H5O2/c1-2-4-3-5-6-4/h2-4H,1H2/q-1. The molecule has 1 saturated heterocycles. The van der Waals surface area contributed by atoms with E-state index in [0.717, 1.165) is 0 Å². The first-order valence-corrected chi connectivity index (χ1v) is 1.71. The van der Waals surface area contributed by atoms with Gasteiger partial charge in [0.2, 0.25) is 0 Å². The van der Waals surface area contributed by atoms with Gasteiger partial charge in [-0.25, -0.2) is 0 Å². The fraction of sp³-hybridized carbons (Fsp3) is 0.250. The second-order valence-electron chi connectivity index (χ2n) is 1.03. The van der Waals surface area contributed by atoms with E-state index in [9.17, 15) is 0 Å². The molecule has 1 atom stereocenters. The Morgan fingerprint density at radius 3 is 2.50 bits per heavy atom. The van der Waals surface area contributed by atoms with Gasteiger partial charge in [-0.15, -0.1) is 13.2 Å². The van der Waals surface area contributed by atoms with Gasteiger partial charge in [0.05, 0.1) is 0 Å². The first-order valence-electron chi connectivity index (χ1n) is 1.71. The van der Waals surface area contributed by atoms with E-state index in [4.69, 9.17) is 0 Å². The normalized spacial score (nSPS) is 31.7. The molecule has 1 rings (SSSR count). The SMILES string of the molecule is C=CC1[CH-]OO1. The molecule has 2 nitrogen and oxygen atoms in total. The van der Waals surface area contributed by atoms with E-state index in [1.54, 1.807) is 12.7 Å². The summed E-state index contributed by atoms with van der Waals surface area (Å²) in [4.78, 5) is 8.64. The Kier molecular flexibility index (Phi) is 0.900. The third-order valence-corrected chi connectivity index (χ3v) is 0.589. The summed E-state index contributed by atoms with van der Waals surface area (Å²) in [6.45, 7) is 5.01. The molecule has 0 radical (unpaired) electrons. The molecule has 0 aliphatic carbocycles. The third kappa shape index (κ3) is 0.441. The zero-order valence-electron chi connectivity index (χ0n) is 3.26. The molecule has 0 aromatic carbocycles. The van der Waals surface area contributed by atoms with Crippen LogP contribution in [0.1, 0.15) is 0 Å². The van der Waals surface area contributed by atoms with E-state index in [2.05, 4.69) is 16.4 Å². The maximum Gasteiger partial charge on any atom is 0.0107 e. The van der Waals surface area contributed by atoms with Crippen molar-refractivity contribution in [2.24, 2.45) is 0 Å². The predicted octanol–water partition coefficient (Wildman–Crippen LogP) is 0.665. The smallest absolute Gasteiger partial charge is 0.0107 e. The van der Waals surface area contributed by atoms with Crippen LogP contribution in [0.5, 0.6) is 0 Å². The maximum absolute atomic E-state index is 4.41. The van der Waals surface area contributed by atoms with E-state index < -0.39 is 0 Å². The van der Waals surface area contributed by atoms with Crippen molar-refractivity contribution >= 4 is 0 Å². The van der Waals surface area contributed by atoms with Crippen LogP contribution in [0, 0.1) is 6.61 Å². The second-order valence-corrected chi connectivity index (χ2v) is 1.03. The van der Waals surface area contributed by atoms with Crippen molar-refractivity contribution in [3.05, 3.63) is 19.3 Å². The zero-order chi connectivity index (χ0) is 4.41. The summed E-state index contributed by atoms with van der Waals surface area (Å²) in [5.74, 6) is 0. The second kappa shape index (κ2) is 1.41. The molecular weight excluding hydrogens is 80.0 g/mol. The minimum atomic E-state index is 0.0324. The molecule has 0 spiro atoms. The van der Waals surface area contributed by atoms with E-state index in [0.29, 0.717) is 0 Å². The van der Waals surface area contributed by atoms with Gasteiger partial charge in [-0.3, -0.25) is 4.89 Å². The van der Waals surface area contributed by atoms with Crippen LogP contribution in [0.4, 0.5) is 0 Å². The molecule has 1 unspecified atom stereocenters. The molecule has 0 bridgehead atoms. The van der Waals surface area contributed by atoms with Gasteiger partial charge in [0.25, 0.3) is 0 Å². The van der Waals surface area contributed by atoms with Crippen LogP contribution >= 0.6 is 0 Å². The van der Waals surface area contributed by atoms with Crippen LogP contribution in [0.15, 0.2) is 12.7 Å². The summed E-state index contributed by atoms with van der Waals surface area (Å²) in [5, 5.41) is 0. The van der Waals surface area contributed by atoms with Crippen LogP contribution in [0.3, 0.4) is 0 Å². The Hall–Kier alpha value is -0.340. The molecule has 1 aliphatic heterocycles. The van der Waals surface area contributed by atoms with Crippen molar-refractivity contribution in [3.63, 3.8) is 0 Å². The minimum absolute atomic E-state index is 0.0324. The molecule has 0 N–H and O–H groups in total. The lowest BCUT2D eigenvalue weighted by molar-refractivity contribution is -0.372. The molecule has 1 aliphatic rings. The van der Waals surface area contributed by atoms with Gasteiger partial charge in [0, 0.05) is 6.10 Å². The molecule has 0 saturated carbocycles. The summed E-state index contributed by atoms with van der Waals surface area (Å²) in [6.07, 6.45) is 1.69. The van der Waals surface area contributed by atoms with Crippen LogP contribution in [-0.4, -0.2) is 6.10 Å². The summed E-state index contributed by atoms with van der Waals surface area (Å²) in [7, 11) is 0. The average molecular weight is 85.1 g/mol. The Bertz CT molecular complexity index is 56.6. The summed E-state index contributed by atoms with van der Waals surface area (Å²) in [5.41, 5.74) is 0. The quantitative estimate of drug-likeness (QED) is 0.264. The van der Waals surface area contributed by atoms with Gasteiger partial charge in [-0.05, 0) is 0 Å². The summed E-state index contributed by atoms with van der Waals surface area (Å²) < 4.78 is 0. The fourth-order valence-electron chi connectivity index (χ4n) is 0.215. The highest BCUT2D eigenvalue weighted by molar-refractivity contribution is 4.88. The molecule has 6 heavy (non-hydrogen) atoms. The molecule has 0 aromatic heterocycles. The fourth-order valence-corrected chi connectivity index (χ4v) is 0.215. The monoisotopic (exact) mass is 85.0 g/mol. The lowest BCUT2D eigenvalue weighted by Crippen LogP contribution is -2.22. The minimum Gasteiger partial charge on any atom is -0.412 e. The van der Waals surface area contributed by atoms with Gasteiger partial charge in [-0.2, -0.15) is 0 Å². The largest absolute Gasteiger partial charge is 0.412 e. The lowest BCUT2D eigenvalue weighted by atomic mass is 10.4. The van der Waals surface area contributed by atoms with Crippen molar-refractivity contribution in [3.8, 4) is 0 Å². The maximum atomic E-state index is 4.41. The molecular formula is C4H5O2-. The predicted molar refractivity (Wildman–Crippen MR) is 20.5 cm³/mol. The van der Waals surface area contributed by atoms with Crippen LogP contribution in [-0.2, 0) is 9.78 Å². The van der Waals surface area contributed by atoms with Crippen molar-refractivity contribution in [1.29, 1.82) is 0 Å². The van der Waals surface area contributed by atoms with Gasteiger partial charge >= 0.3 is 0 Å². The van der Waals surface area contributed by atoms with Crippen LogP contribution in [0.25, 0.3) is 0 Å². The van der Waals surface area contributed by atoms with Gasteiger partial charge < -0.3 is 4.89 Å². The first-order chi connectivity index (χ1) is 2.93. The van der Waals surface area contributed by atoms with Gasteiger partial charge in [0.15, 0.2) is 0 Å². The van der Waals surface area contributed by atoms with Crippen molar-refractivity contribution in [2.45, 2.75) is 6.10 Å². The average Bonchev–Trinajstić information content (AvgIpc) is 1.31. The van der Waals surface area contributed by atoms with Gasteiger partial charge in [-0.1, -0.05) is 6.08 Å². The topological polar surface area (TPSA) is 18.5 Å². The van der Waals surface area contributed by atoms with Crippen LogP contribution in [0.2, 0.25) is 0 Å². The third-order valence-electron chi connectivity index (χ3n) is 0.589. The summed E-state index contributed by atoms with van der Waals surface area (Å²) in [6, 6.07) is 0. The van der Waals surface area contributed by atoms with Crippen molar-refractivity contribution in [2.75, 3.05) is 0 Å². The number of hydrogen-bond donors (Lipinski definition) is 0. The summed E-state index contributed by atoms with van der Waals surface area (Å²) >= 11 is 0. The highest BCUT2D eigenvalue weighted by Gasteiger charge is 2.00. The van der Waals surface area contributed by atoms with E-state index in [-0.39, 0.29) is 6.10 Å². The van der Waals surface area contributed by atoms with E-state index in [1.807, 2.05) is 0 Å². The zero-order valence-corrected chi connectivity index (χ0v) is 3.26. The molecule has 0 amide bonds. The van der Waals surface area contributed by atoms with Crippen molar-refractivity contribution in [1.82, 2.24) is 0 Å². The number of rotatable bonds is 1. The molecule has 1 heterocycles. The molecule has 2 heteroatoms. The van der Waals surface area contributed by atoms with E-state index in [1.165, 1.54) is 0 Å². The van der Waals surface area contributed by atoms with Gasteiger partial charge in [0.1, 0.15) is 0 Å². The first kappa shape index (κ1) is 3.84. The number of hydrogen-bond acceptors (Lipinski definition) is 2. The Morgan fingerprint density at radius 1 is 1.83 bits per heavy atom. The van der Waals surface area contributed by atoms with E-state index >= 15 is 0 Å². The molecule has 1 fully saturated rings. The van der Waals surface area contributed by atoms with Crippen molar-refractivity contribution < 1.29 is 9.78 Å². The highest BCUT2D eigenvalue weighted by atomic mass is 17.2. The molecule has 0 aromatic rings. The molecule has 34 valence electrons. The van der Waals surface area contributed by atoms with Crippen LogP contribution < -0.4 is 0 Å². The Morgan fingerprint density at radius 2 is 2.50 bits per heavy atom. The Balaban J connectivity index is 2.16. The highest BCUT2D eigenvalue weighted by Crippen LogP contribution is 2.10. The lowest BCUT2D eigenvalue weighted by Gasteiger charge is -2.34.